The summed E-state index contributed by atoms with van der Waals surface area (Å²) in [6.45, 7) is 0. The van der Waals surface area contributed by atoms with Gasteiger partial charge in [-0.3, -0.25) is 9.59 Å². The standard InChI is InChI=1S/C15H8BrFN2O2/c16-12-7-9(5-6-13(12)17)8-18-19-14(20)10-3-1-2-4-11(10)15(19)21/h1-8H/b18-8-. The largest absolute Gasteiger partial charge is 0.282 e. The van der Waals surface area contributed by atoms with Crippen molar-refractivity contribution in [2.24, 2.45) is 5.10 Å². The average Bonchev–Trinajstić information content (AvgIpc) is 2.73. The highest BCUT2D eigenvalue weighted by Crippen LogP contribution is 2.22. The summed E-state index contributed by atoms with van der Waals surface area (Å²) >= 11 is 3.06. The van der Waals surface area contributed by atoms with Gasteiger partial charge < -0.3 is 0 Å². The molecular weight excluding hydrogens is 339 g/mol. The lowest BCUT2D eigenvalue weighted by Crippen LogP contribution is -2.23. The lowest BCUT2D eigenvalue weighted by atomic mass is 10.1. The zero-order valence-electron chi connectivity index (χ0n) is 10.6. The van der Waals surface area contributed by atoms with E-state index >= 15 is 0 Å². The molecule has 0 saturated heterocycles. The van der Waals surface area contributed by atoms with E-state index in [1.54, 1.807) is 24.3 Å². The summed E-state index contributed by atoms with van der Waals surface area (Å²) in [7, 11) is 0. The Labute approximate surface area is 128 Å². The fourth-order valence-electron chi connectivity index (χ4n) is 2.00. The number of halogens is 2. The molecule has 0 atom stereocenters. The summed E-state index contributed by atoms with van der Waals surface area (Å²) in [5.41, 5.74) is 1.24. The number of imide groups is 1. The van der Waals surface area contributed by atoms with Gasteiger partial charge in [-0.25, -0.2) is 4.39 Å². The van der Waals surface area contributed by atoms with Crippen molar-refractivity contribution in [1.82, 2.24) is 5.01 Å². The first kappa shape index (κ1) is 13.6. The van der Waals surface area contributed by atoms with E-state index in [2.05, 4.69) is 21.0 Å². The summed E-state index contributed by atoms with van der Waals surface area (Å²) in [5, 5.41) is 4.71. The van der Waals surface area contributed by atoms with Crippen LogP contribution in [0.4, 0.5) is 4.39 Å². The Morgan fingerprint density at radius 2 is 1.67 bits per heavy atom. The number of fused-ring (bicyclic) bond motifs is 1. The van der Waals surface area contributed by atoms with Crippen LogP contribution in [0.3, 0.4) is 0 Å². The molecule has 0 aromatic heterocycles. The van der Waals surface area contributed by atoms with Crippen LogP contribution in [-0.4, -0.2) is 23.0 Å². The van der Waals surface area contributed by atoms with E-state index in [0.717, 1.165) is 5.01 Å². The molecule has 1 aliphatic rings. The van der Waals surface area contributed by atoms with Gasteiger partial charge in [0.1, 0.15) is 5.82 Å². The third-order valence-electron chi connectivity index (χ3n) is 3.04. The van der Waals surface area contributed by atoms with Gasteiger partial charge in [-0.1, -0.05) is 18.2 Å². The summed E-state index contributed by atoms with van der Waals surface area (Å²) in [6, 6.07) is 10.8. The number of benzene rings is 2. The molecule has 2 aromatic carbocycles. The highest BCUT2D eigenvalue weighted by molar-refractivity contribution is 9.10. The van der Waals surface area contributed by atoms with Crippen LogP contribution >= 0.6 is 15.9 Å². The molecule has 0 spiro atoms. The molecule has 2 aromatic rings. The highest BCUT2D eigenvalue weighted by Gasteiger charge is 2.35. The highest BCUT2D eigenvalue weighted by atomic mass is 79.9. The number of carbonyl (C=O) groups is 2. The van der Waals surface area contributed by atoms with Crippen LogP contribution in [0.25, 0.3) is 0 Å². The van der Waals surface area contributed by atoms with Gasteiger partial charge in [0.15, 0.2) is 0 Å². The first-order valence-corrected chi connectivity index (χ1v) is 6.84. The minimum Gasteiger partial charge on any atom is -0.267 e. The van der Waals surface area contributed by atoms with Crippen LogP contribution in [0.5, 0.6) is 0 Å². The van der Waals surface area contributed by atoms with Gasteiger partial charge in [-0.05, 0) is 45.8 Å². The van der Waals surface area contributed by atoms with Gasteiger partial charge in [-0.2, -0.15) is 10.1 Å². The molecule has 0 fully saturated rings. The summed E-state index contributed by atoms with van der Waals surface area (Å²) in [6.07, 6.45) is 1.34. The third kappa shape index (κ3) is 2.38. The third-order valence-corrected chi connectivity index (χ3v) is 3.65. The Morgan fingerprint density at radius 1 is 1.05 bits per heavy atom. The van der Waals surface area contributed by atoms with Gasteiger partial charge in [0, 0.05) is 0 Å². The maximum Gasteiger partial charge on any atom is 0.282 e. The second-order valence-electron chi connectivity index (χ2n) is 4.39. The van der Waals surface area contributed by atoms with Crippen molar-refractivity contribution in [2.75, 3.05) is 0 Å². The van der Waals surface area contributed by atoms with E-state index in [1.165, 1.54) is 24.4 Å². The number of hydrogen-bond acceptors (Lipinski definition) is 3. The second-order valence-corrected chi connectivity index (χ2v) is 5.24. The molecule has 1 aliphatic heterocycles. The summed E-state index contributed by atoms with van der Waals surface area (Å²) in [5.74, 6) is -1.33. The minimum absolute atomic E-state index is 0.286. The van der Waals surface area contributed by atoms with E-state index in [-0.39, 0.29) is 4.47 Å². The molecule has 0 saturated carbocycles. The Balaban J connectivity index is 1.89. The quantitative estimate of drug-likeness (QED) is 0.619. The molecular formula is C15H8BrFN2O2. The van der Waals surface area contributed by atoms with Crippen LogP contribution < -0.4 is 0 Å². The number of hydrazone groups is 1. The lowest BCUT2D eigenvalue weighted by Gasteiger charge is -2.05. The fourth-order valence-corrected chi connectivity index (χ4v) is 2.39. The summed E-state index contributed by atoms with van der Waals surface area (Å²) < 4.78 is 13.4. The molecule has 6 heteroatoms. The second kappa shape index (κ2) is 5.21. The Kier molecular flexibility index (Phi) is 3.39. The average molecular weight is 347 g/mol. The lowest BCUT2D eigenvalue weighted by molar-refractivity contribution is 0.0660. The monoisotopic (exact) mass is 346 g/mol. The topological polar surface area (TPSA) is 49.7 Å². The summed E-state index contributed by atoms with van der Waals surface area (Å²) in [4.78, 5) is 24.1. The predicted molar refractivity (Wildman–Crippen MR) is 78.6 cm³/mol. The fraction of sp³-hybridized carbons (Fsp3) is 0. The van der Waals surface area contributed by atoms with E-state index in [0.29, 0.717) is 16.7 Å². The van der Waals surface area contributed by atoms with Gasteiger partial charge in [0.2, 0.25) is 0 Å². The molecule has 1 heterocycles. The molecule has 0 radical (unpaired) electrons. The number of amides is 2. The number of hydrogen-bond donors (Lipinski definition) is 0. The van der Waals surface area contributed by atoms with Gasteiger partial charge >= 0.3 is 0 Å². The van der Waals surface area contributed by atoms with Crippen molar-refractivity contribution in [3.63, 3.8) is 0 Å². The number of nitrogens with zero attached hydrogens (tertiary/aromatic N) is 2. The number of carbonyl (C=O) groups excluding carboxylic acids is 2. The predicted octanol–water partition coefficient (Wildman–Crippen LogP) is 3.22. The van der Waals surface area contributed by atoms with E-state index in [1.807, 2.05) is 0 Å². The van der Waals surface area contributed by atoms with Gasteiger partial charge in [0.05, 0.1) is 21.8 Å². The molecule has 4 nitrogen and oxygen atoms in total. The van der Waals surface area contributed by atoms with E-state index in [4.69, 9.17) is 0 Å². The zero-order valence-corrected chi connectivity index (χ0v) is 12.2. The van der Waals surface area contributed by atoms with Crippen LogP contribution in [0.1, 0.15) is 26.3 Å². The van der Waals surface area contributed by atoms with Crippen molar-refractivity contribution in [2.45, 2.75) is 0 Å². The van der Waals surface area contributed by atoms with Crippen LogP contribution in [0.15, 0.2) is 52.0 Å². The Hall–Kier alpha value is -2.34. The SMILES string of the molecule is O=C1c2ccccc2C(=O)N1/N=C\c1ccc(F)c(Br)c1. The molecule has 3 rings (SSSR count). The maximum atomic E-state index is 13.1. The number of rotatable bonds is 2. The van der Waals surface area contributed by atoms with E-state index in [9.17, 15) is 14.0 Å². The minimum atomic E-state index is -0.465. The van der Waals surface area contributed by atoms with Crippen LogP contribution in [0, 0.1) is 5.82 Å². The van der Waals surface area contributed by atoms with E-state index < -0.39 is 17.6 Å². The zero-order chi connectivity index (χ0) is 15.0. The van der Waals surface area contributed by atoms with Crippen molar-refractivity contribution in [3.8, 4) is 0 Å². The molecule has 0 aliphatic carbocycles. The normalized spacial score (nSPS) is 14.1. The van der Waals surface area contributed by atoms with Crippen LogP contribution in [0.2, 0.25) is 0 Å². The first-order valence-electron chi connectivity index (χ1n) is 6.05. The molecule has 21 heavy (non-hydrogen) atoms. The smallest absolute Gasteiger partial charge is 0.267 e. The van der Waals surface area contributed by atoms with Crippen molar-refractivity contribution in [1.29, 1.82) is 0 Å². The van der Waals surface area contributed by atoms with Gasteiger partial charge in [-0.15, -0.1) is 0 Å². The first-order chi connectivity index (χ1) is 10.1. The van der Waals surface area contributed by atoms with Crippen LogP contribution in [-0.2, 0) is 0 Å². The maximum absolute atomic E-state index is 13.1. The Bertz CT molecular complexity index is 754. The van der Waals surface area contributed by atoms with Gasteiger partial charge in [0.25, 0.3) is 11.8 Å². The van der Waals surface area contributed by atoms with Crippen molar-refractivity contribution < 1.29 is 14.0 Å². The molecule has 104 valence electrons. The molecule has 0 unspecified atom stereocenters. The molecule has 2 amide bonds. The molecule has 0 bridgehead atoms. The van der Waals surface area contributed by atoms with Crippen molar-refractivity contribution in [3.05, 3.63) is 69.4 Å². The van der Waals surface area contributed by atoms with Crippen molar-refractivity contribution >= 4 is 34.0 Å². The molecule has 0 N–H and O–H groups in total. The Morgan fingerprint density at radius 3 is 2.24 bits per heavy atom.